The molecule has 0 aromatic rings. The maximum atomic E-state index is 12.3. The maximum Gasteiger partial charge on any atom is 0.311 e. The SMILES string of the molecule is CC1(C(=O)O)CCCN(C(=O)CC2CCCCC2)C1. The number of likely N-dealkylation sites (tertiary alicyclic amines) is 1. The Balaban J connectivity index is 1.89. The summed E-state index contributed by atoms with van der Waals surface area (Å²) < 4.78 is 0. The summed E-state index contributed by atoms with van der Waals surface area (Å²) in [7, 11) is 0. The molecule has 1 atom stereocenters. The number of hydrogen-bond donors (Lipinski definition) is 1. The largest absolute Gasteiger partial charge is 0.481 e. The molecular formula is C15H25NO3. The van der Waals surface area contributed by atoms with Crippen molar-refractivity contribution in [3.63, 3.8) is 0 Å². The van der Waals surface area contributed by atoms with Gasteiger partial charge in [0.15, 0.2) is 0 Å². The monoisotopic (exact) mass is 267 g/mol. The van der Waals surface area contributed by atoms with Gasteiger partial charge in [0.1, 0.15) is 0 Å². The molecule has 1 heterocycles. The summed E-state index contributed by atoms with van der Waals surface area (Å²) in [5.74, 6) is -0.0824. The highest BCUT2D eigenvalue weighted by molar-refractivity contribution is 5.79. The van der Waals surface area contributed by atoms with Crippen molar-refractivity contribution in [2.75, 3.05) is 13.1 Å². The molecule has 1 unspecified atom stereocenters. The zero-order valence-electron chi connectivity index (χ0n) is 11.9. The van der Waals surface area contributed by atoms with Crippen LogP contribution in [-0.4, -0.2) is 35.0 Å². The van der Waals surface area contributed by atoms with Gasteiger partial charge in [-0.2, -0.15) is 0 Å². The predicted molar refractivity (Wildman–Crippen MR) is 72.7 cm³/mol. The van der Waals surface area contributed by atoms with Crippen LogP contribution in [0, 0.1) is 11.3 Å². The molecule has 2 aliphatic rings. The molecule has 1 saturated heterocycles. The topological polar surface area (TPSA) is 57.6 Å². The van der Waals surface area contributed by atoms with E-state index in [1.54, 1.807) is 11.8 Å². The number of hydrogen-bond acceptors (Lipinski definition) is 2. The first-order valence-corrected chi connectivity index (χ1v) is 7.52. The predicted octanol–water partition coefficient (Wildman–Crippen LogP) is 2.67. The lowest BCUT2D eigenvalue weighted by molar-refractivity contribution is -0.153. The Kier molecular flexibility index (Phi) is 4.48. The second-order valence-corrected chi connectivity index (χ2v) is 6.49. The minimum absolute atomic E-state index is 0.166. The van der Waals surface area contributed by atoms with Crippen LogP contribution in [0.2, 0.25) is 0 Å². The standard InChI is InChI=1S/C15H25NO3/c1-15(14(18)19)8-5-9-16(11-15)13(17)10-12-6-3-2-4-7-12/h12H,2-11H2,1H3,(H,18,19). The zero-order chi connectivity index (χ0) is 13.9. The molecule has 1 aliphatic heterocycles. The molecular weight excluding hydrogens is 242 g/mol. The minimum atomic E-state index is -0.775. The van der Waals surface area contributed by atoms with Gasteiger partial charge in [0.2, 0.25) is 5.91 Å². The highest BCUT2D eigenvalue weighted by Gasteiger charge is 2.39. The van der Waals surface area contributed by atoms with Crippen LogP contribution in [0.5, 0.6) is 0 Å². The van der Waals surface area contributed by atoms with Crippen molar-refractivity contribution in [1.29, 1.82) is 0 Å². The van der Waals surface area contributed by atoms with Gasteiger partial charge in [-0.15, -0.1) is 0 Å². The van der Waals surface area contributed by atoms with Crippen LogP contribution in [0.15, 0.2) is 0 Å². The maximum absolute atomic E-state index is 12.3. The van der Waals surface area contributed by atoms with E-state index in [-0.39, 0.29) is 5.91 Å². The van der Waals surface area contributed by atoms with Crippen molar-refractivity contribution < 1.29 is 14.7 Å². The van der Waals surface area contributed by atoms with Gasteiger partial charge < -0.3 is 10.0 Å². The lowest BCUT2D eigenvalue weighted by atomic mass is 9.81. The van der Waals surface area contributed by atoms with Gasteiger partial charge in [0, 0.05) is 19.5 Å². The second kappa shape index (κ2) is 5.93. The number of piperidine rings is 1. The van der Waals surface area contributed by atoms with Crippen LogP contribution in [0.4, 0.5) is 0 Å². The number of amides is 1. The number of carboxylic acid groups (broad SMARTS) is 1. The molecule has 0 radical (unpaired) electrons. The number of rotatable bonds is 3. The Labute approximate surface area is 115 Å². The van der Waals surface area contributed by atoms with Crippen molar-refractivity contribution in [3.05, 3.63) is 0 Å². The van der Waals surface area contributed by atoms with Crippen molar-refractivity contribution in [3.8, 4) is 0 Å². The van der Waals surface area contributed by atoms with Gasteiger partial charge in [-0.05, 0) is 38.5 Å². The van der Waals surface area contributed by atoms with E-state index in [2.05, 4.69) is 0 Å². The summed E-state index contributed by atoms with van der Waals surface area (Å²) in [5.41, 5.74) is -0.750. The first-order valence-electron chi connectivity index (χ1n) is 7.52. The fourth-order valence-corrected chi connectivity index (χ4v) is 3.39. The normalized spacial score (nSPS) is 29.2. The van der Waals surface area contributed by atoms with E-state index in [0.29, 0.717) is 25.3 Å². The van der Waals surface area contributed by atoms with E-state index in [1.165, 1.54) is 19.3 Å². The van der Waals surface area contributed by atoms with E-state index in [0.717, 1.165) is 25.8 Å². The van der Waals surface area contributed by atoms with Gasteiger partial charge in [-0.3, -0.25) is 9.59 Å². The van der Waals surface area contributed by atoms with E-state index in [4.69, 9.17) is 0 Å². The number of carbonyl (C=O) groups is 2. The van der Waals surface area contributed by atoms with Gasteiger partial charge in [0.05, 0.1) is 5.41 Å². The summed E-state index contributed by atoms with van der Waals surface area (Å²) in [6.07, 6.45) is 8.21. The van der Waals surface area contributed by atoms with E-state index in [9.17, 15) is 14.7 Å². The third-order valence-corrected chi connectivity index (χ3v) is 4.75. The number of aliphatic carboxylic acids is 1. The summed E-state index contributed by atoms with van der Waals surface area (Å²) in [4.78, 5) is 25.4. The summed E-state index contributed by atoms with van der Waals surface area (Å²) >= 11 is 0. The zero-order valence-corrected chi connectivity index (χ0v) is 11.9. The molecule has 108 valence electrons. The smallest absolute Gasteiger partial charge is 0.311 e. The fourth-order valence-electron chi connectivity index (χ4n) is 3.39. The van der Waals surface area contributed by atoms with Crippen molar-refractivity contribution in [2.24, 2.45) is 11.3 Å². The third-order valence-electron chi connectivity index (χ3n) is 4.75. The van der Waals surface area contributed by atoms with Crippen LogP contribution in [-0.2, 0) is 9.59 Å². The summed E-state index contributed by atoms with van der Waals surface area (Å²) in [5, 5.41) is 9.28. The van der Waals surface area contributed by atoms with Crippen LogP contribution in [0.3, 0.4) is 0 Å². The van der Waals surface area contributed by atoms with Crippen LogP contribution < -0.4 is 0 Å². The lowest BCUT2D eigenvalue weighted by Crippen LogP contribution is -2.48. The molecule has 0 spiro atoms. The van der Waals surface area contributed by atoms with Crippen LogP contribution in [0.25, 0.3) is 0 Å². The average Bonchev–Trinajstić information content (AvgIpc) is 2.40. The van der Waals surface area contributed by atoms with E-state index in [1.807, 2.05) is 0 Å². The molecule has 1 aliphatic carbocycles. The molecule has 2 fully saturated rings. The average molecular weight is 267 g/mol. The molecule has 2 rings (SSSR count). The van der Waals surface area contributed by atoms with Crippen LogP contribution in [0.1, 0.15) is 58.3 Å². The van der Waals surface area contributed by atoms with Crippen LogP contribution >= 0.6 is 0 Å². The third kappa shape index (κ3) is 3.48. The Morgan fingerprint density at radius 3 is 2.53 bits per heavy atom. The molecule has 0 aromatic heterocycles. The van der Waals surface area contributed by atoms with Gasteiger partial charge in [-0.25, -0.2) is 0 Å². The molecule has 4 nitrogen and oxygen atoms in total. The molecule has 4 heteroatoms. The quantitative estimate of drug-likeness (QED) is 0.855. The summed E-state index contributed by atoms with van der Waals surface area (Å²) in [6.45, 7) is 2.87. The first-order chi connectivity index (χ1) is 9.01. The molecule has 0 bridgehead atoms. The minimum Gasteiger partial charge on any atom is -0.481 e. The fraction of sp³-hybridized carbons (Fsp3) is 0.867. The molecule has 19 heavy (non-hydrogen) atoms. The number of carboxylic acids is 1. The Morgan fingerprint density at radius 2 is 1.89 bits per heavy atom. The van der Waals surface area contributed by atoms with Gasteiger partial charge in [0.25, 0.3) is 0 Å². The second-order valence-electron chi connectivity index (χ2n) is 6.49. The lowest BCUT2D eigenvalue weighted by Gasteiger charge is -2.38. The van der Waals surface area contributed by atoms with Gasteiger partial charge >= 0.3 is 5.97 Å². The Hall–Kier alpha value is -1.06. The summed E-state index contributed by atoms with van der Waals surface area (Å²) in [6, 6.07) is 0. The van der Waals surface area contributed by atoms with Crippen molar-refractivity contribution >= 4 is 11.9 Å². The Morgan fingerprint density at radius 1 is 1.21 bits per heavy atom. The molecule has 0 aromatic carbocycles. The first kappa shape index (κ1) is 14.4. The number of carbonyl (C=O) groups excluding carboxylic acids is 1. The highest BCUT2D eigenvalue weighted by Crippen LogP contribution is 2.32. The molecule has 1 saturated carbocycles. The highest BCUT2D eigenvalue weighted by atomic mass is 16.4. The van der Waals surface area contributed by atoms with Crippen molar-refractivity contribution in [1.82, 2.24) is 4.90 Å². The molecule has 1 amide bonds. The van der Waals surface area contributed by atoms with Gasteiger partial charge in [-0.1, -0.05) is 19.3 Å². The van der Waals surface area contributed by atoms with Crippen molar-refractivity contribution in [2.45, 2.75) is 58.3 Å². The van der Waals surface area contributed by atoms with E-state index >= 15 is 0 Å². The molecule has 1 N–H and O–H groups in total. The number of nitrogens with zero attached hydrogens (tertiary/aromatic N) is 1. The van der Waals surface area contributed by atoms with E-state index < -0.39 is 11.4 Å². The Bertz CT molecular complexity index is 349.